The number of carboxylic acids is 1. The largest absolute Gasteiger partial charge is 0.489 e. The number of carbonyl (C=O) groups is 2. The number of aromatic nitrogens is 2. The van der Waals surface area contributed by atoms with Gasteiger partial charge in [-0.2, -0.15) is 0 Å². The lowest BCUT2D eigenvalue weighted by Gasteiger charge is -2.14. The molecule has 0 saturated carbocycles. The Labute approximate surface area is 228 Å². The summed E-state index contributed by atoms with van der Waals surface area (Å²) in [6, 6.07) is 22.9. The molecular weight excluding hydrogens is 521 g/mol. The standard InChI is InChI=1S/C30H23ClFN3O4/c31-23-9-6-21(7-10-23)22-8-13-28-33-27(17-35(28)16-22)29(36)34-26(30(37)38)15-19-4-11-25(12-5-19)39-18-20-2-1-3-24(32)14-20/h1-14,16-17,26H,15,18H2,(H,34,36)(H,37,38). The van der Waals surface area contributed by atoms with Gasteiger partial charge in [0.2, 0.25) is 0 Å². The monoisotopic (exact) mass is 543 g/mol. The smallest absolute Gasteiger partial charge is 0.326 e. The summed E-state index contributed by atoms with van der Waals surface area (Å²) >= 11 is 5.97. The molecule has 2 aromatic heterocycles. The van der Waals surface area contributed by atoms with E-state index in [0.29, 0.717) is 27.5 Å². The highest BCUT2D eigenvalue weighted by atomic mass is 35.5. The van der Waals surface area contributed by atoms with E-state index in [0.717, 1.165) is 11.1 Å². The molecular formula is C30H23ClFN3O4. The van der Waals surface area contributed by atoms with E-state index in [1.54, 1.807) is 65.2 Å². The number of halogens is 2. The van der Waals surface area contributed by atoms with Gasteiger partial charge in [-0.15, -0.1) is 0 Å². The van der Waals surface area contributed by atoms with Gasteiger partial charge >= 0.3 is 5.97 Å². The second-order valence-electron chi connectivity index (χ2n) is 8.95. The predicted molar refractivity (Wildman–Crippen MR) is 145 cm³/mol. The molecule has 0 bridgehead atoms. The van der Waals surface area contributed by atoms with Gasteiger partial charge in [-0.05, 0) is 70.8 Å². The maximum Gasteiger partial charge on any atom is 0.326 e. The molecule has 0 aliphatic heterocycles. The highest BCUT2D eigenvalue weighted by Gasteiger charge is 2.23. The summed E-state index contributed by atoms with van der Waals surface area (Å²) in [5.74, 6) is -1.53. The van der Waals surface area contributed by atoms with Gasteiger partial charge in [0.15, 0.2) is 0 Å². The average molecular weight is 544 g/mol. The summed E-state index contributed by atoms with van der Waals surface area (Å²) in [7, 11) is 0. The first-order valence-electron chi connectivity index (χ1n) is 12.1. The zero-order valence-corrected chi connectivity index (χ0v) is 21.3. The topological polar surface area (TPSA) is 92.9 Å². The predicted octanol–water partition coefficient (Wildman–Crippen LogP) is 5.80. The first-order valence-corrected chi connectivity index (χ1v) is 12.5. The fraction of sp³-hybridized carbons (Fsp3) is 0.100. The number of hydrogen-bond acceptors (Lipinski definition) is 4. The van der Waals surface area contributed by atoms with Gasteiger partial charge in [-0.1, -0.05) is 48.0 Å². The Morgan fingerprint density at radius 2 is 1.69 bits per heavy atom. The van der Waals surface area contributed by atoms with E-state index in [1.165, 1.54) is 12.1 Å². The highest BCUT2D eigenvalue weighted by Crippen LogP contribution is 2.22. The van der Waals surface area contributed by atoms with Crippen LogP contribution < -0.4 is 10.1 Å². The van der Waals surface area contributed by atoms with Crippen molar-refractivity contribution in [1.29, 1.82) is 0 Å². The molecule has 1 atom stereocenters. The molecule has 0 fully saturated rings. The zero-order valence-electron chi connectivity index (χ0n) is 20.6. The number of carboxylic acid groups (broad SMARTS) is 1. The first kappa shape index (κ1) is 25.9. The first-order chi connectivity index (χ1) is 18.8. The lowest BCUT2D eigenvalue weighted by Crippen LogP contribution is -2.42. The Kier molecular flexibility index (Phi) is 7.56. The molecule has 7 nitrogen and oxygen atoms in total. The van der Waals surface area contributed by atoms with Crippen LogP contribution in [0.4, 0.5) is 4.39 Å². The van der Waals surface area contributed by atoms with Gasteiger partial charge in [0.05, 0.1) is 0 Å². The molecule has 2 N–H and O–H groups in total. The number of carbonyl (C=O) groups excluding carboxylic acids is 1. The Balaban J connectivity index is 1.23. The molecule has 0 spiro atoms. The van der Waals surface area contributed by atoms with Gasteiger partial charge in [0.1, 0.15) is 35.6 Å². The summed E-state index contributed by atoms with van der Waals surface area (Å²) in [6.45, 7) is 0.200. The summed E-state index contributed by atoms with van der Waals surface area (Å²) in [5, 5.41) is 12.9. The lowest BCUT2D eigenvalue weighted by molar-refractivity contribution is -0.139. The van der Waals surface area contributed by atoms with Crippen molar-refractivity contribution >= 4 is 29.1 Å². The lowest BCUT2D eigenvalue weighted by atomic mass is 10.1. The summed E-state index contributed by atoms with van der Waals surface area (Å²) < 4.78 is 20.7. The van der Waals surface area contributed by atoms with E-state index in [9.17, 15) is 19.1 Å². The Morgan fingerprint density at radius 1 is 0.949 bits per heavy atom. The quantitative estimate of drug-likeness (QED) is 0.245. The molecule has 5 aromatic rings. The number of imidazole rings is 1. The zero-order chi connectivity index (χ0) is 27.4. The number of rotatable bonds is 9. The molecule has 196 valence electrons. The van der Waals surface area contributed by atoms with Crippen molar-refractivity contribution in [3.05, 3.63) is 125 Å². The van der Waals surface area contributed by atoms with Crippen molar-refractivity contribution in [1.82, 2.24) is 14.7 Å². The maximum absolute atomic E-state index is 13.3. The molecule has 0 aliphatic carbocycles. The molecule has 0 saturated heterocycles. The Hall–Kier alpha value is -4.69. The number of aliphatic carboxylic acids is 1. The van der Waals surface area contributed by atoms with E-state index in [-0.39, 0.29) is 24.5 Å². The third-order valence-corrected chi connectivity index (χ3v) is 6.37. The van der Waals surface area contributed by atoms with Crippen LogP contribution >= 0.6 is 11.6 Å². The minimum absolute atomic E-state index is 0.0688. The van der Waals surface area contributed by atoms with Crippen LogP contribution in [0.25, 0.3) is 16.8 Å². The fourth-order valence-corrected chi connectivity index (χ4v) is 4.22. The van der Waals surface area contributed by atoms with Crippen molar-refractivity contribution in [2.75, 3.05) is 0 Å². The van der Waals surface area contributed by atoms with E-state index in [2.05, 4.69) is 10.3 Å². The van der Waals surface area contributed by atoms with Crippen molar-refractivity contribution in [2.45, 2.75) is 19.1 Å². The van der Waals surface area contributed by atoms with Crippen LogP contribution in [0.1, 0.15) is 21.6 Å². The number of hydrogen-bond donors (Lipinski definition) is 2. The van der Waals surface area contributed by atoms with Crippen molar-refractivity contribution < 1.29 is 23.8 Å². The molecule has 0 radical (unpaired) electrons. The number of pyridine rings is 1. The average Bonchev–Trinajstić information content (AvgIpc) is 3.36. The van der Waals surface area contributed by atoms with Crippen LogP contribution in [0.2, 0.25) is 5.02 Å². The second kappa shape index (κ2) is 11.4. The number of nitrogens with one attached hydrogen (secondary N) is 1. The second-order valence-corrected chi connectivity index (χ2v) is 9.38. The number of amides is 1. The number of nitrogens with zero attached hydrogens (tertiary/aromatic N) is 2. The van der Waals surface area contributed by atoms with Crippen molar-refractivity contribution in [3.8, 4) is 16.9 Å². The van der Waals surface area contributed by atoms with Gasteiger partial charge in [0.25, 0.3) is 5.91 Å². The Morgan fingerprint density at radius 3 is 2.41 bits per heavy atom. The van der Waals surface area contributed by atoms with Gasteiger partial charge in [-0.3, -0.25) is 4.79 Å². The molecule has 5 rings (SSSR count). The van der Waals surface area contributed by atoms with Crippen LogP contribution in [0, 0.1) is 5.82 Å². The third-order valence-electron chi connectivity index (χ3n) is 6.12. The molecule has 39 heavy (non-hydrogen) atoms. The highest BCUT2D eigenvalue weighted by molar-refractivity contribution is 6.30. The SMILES string of the molecule is O=C(NC(Cc1ccc(OCc2cccc(F)c2)cc1)C(=O)O)c1cn2cc(-c3ccc(Cl)cc3)ccc2n1. The van der Waals surface area contributed by atoms with Gasteiger partial charge in [-0.25, -0.2) is 14.2 Å². The molecule has 2 heterocycles. The minimum Gasteiger partial charge on any atom is -0.489 e. The van der Waals surface area contributed by atoms with E-state index < -0.39 is 17.9 Å². The third kappa shape index (κ3) is 6.42. The van der Waals surface area contributed by atoms with Crippen molar-refractivity contribution in [2.24, 2.45) is 0 Å². The van der Waals surface area contributed by atoms with E-state index in [1.807, 2.05) is 24.4 Å². The van der Waals surface area contributed by atoms with Crippen LogP contribution in [-0.4, -0.2) is 32.4 Å². The van der Waals surface area contributed by atoms with Crippen LogP contribution in [0.15, 0.2) is 97.3 Å². The summed E-state index contributed by atoms with van der Waals surface area (Å²) in [4.78, 5) is 29.2. The number of fused-ring (bicyclic) bond motifs is 1. The molecule has 3 aromatic carbocycles. The van der Waals surface area contributed by atoms with Gasteiger partial charge in [0, 0.05) is 23.8 Å². The van der Waals surface area contributed by atoms with Crippen LogP contribution in [0.5, 0.6) is 5.75 Å². The van der Waals surface area contributed by atoms with Gasteiger partial charge < -0.3 is 19.6 Å². The molecule has 1 amide bonds. The summed E-state index contributed by atoms with van der Waals surface area (Å²) in [6.07, 6.45) is 3.47. The molecule has 0 aliphatic rings. The normalized spacial score (nSPS) is 11.7. The maximum atomic E-state index is 13.3. The van der Waals surface area contributed by atoms with E-state index in [4.69, 9.17) is 16.3 Å². The summed E-state index contributed by atoms with van der Waals surface area (Å²) in [5.41, 5.74) is 3.92. The molecule has 1 unspecified atom stereocenters. The number of benzene rings is 3. The fourth-order valence-electron chi connectivity index (χ4n) is 4.10. The van der Waals surface area contributed by atoms with Crippen LogP contribution in [-0.2, 0) is 17.8 Å². The number of ether oxygens (including phenoxy) is 1. The molecule has 9 heteroatoms. The van der Waals surface area contributed by atoms with Crippen molar-refractivity contribution in [3.63, 3.8) is 0 Å². The Bertz CT molecular complexity index is 1630. The minimum atomic E-state index is -1.16. The van der Waals surface area contributed by atoms with E-state index >= 15 is 0 Å². The van der Waals surface area contributed by atoms with Crippen LogP contribution in [0.3, 0.4) is 0 Å².